The van der Waals surface area contributed by atoms with Crippen molar-refractivity contribution in [1.29, 1.82) is 0 Å². The molecule has 0 amide bonds. The van der Waals surface area contributed by atoms with Crippen molar-refractivity contribution in [1.82, 2.24) is 4.98 Å². The molecule has 9 rings (SSSR count). The lowest BCUT2D eigenvalue weighted by Gasteiger charge is -2.25. The molecular formula is C43H28N2. The predicted octanol–water partition coefficient (Wildman–Crippen LogP) is 11.8. The average Bonchev–Trinajstić information content (AvgIpc) is 3.44. The molecule has 1 aromatic heterocycles. The van der Waals surface area contributed by atoms with E-state index in [2.05, 4.69) is 162 Å². The van der Waals surface area contributed by atoms with Crippen molar-refractivity contribution in [3.63, 3.8) is 0 Å². The second-order valence-corrected chi connectivity index (χ2v) is 11.6. The van der Waals surface area contributed by atoms with Gasteiger partial charge < -0.3 is 4.90 Å². The smallest absolute Gasteiger partial charge is 0.0644 e. The highest BCUT2D eigenvalue weighted by Gasteiger charge is 2.22. The fraction of sp³-hybridized carbons (Fsp3) is 0. The van der Waals surface area contributed by atoms with Crippen LogP contribution in [0.5, 0.6) is 0 Å². The number of hydrogen-bond donors (Lipinski definition) is 0. The lowest BCUT2D eigenvalue weighted by molar-refractivity contribution is 1.23. The van der Waals surface area contributed by atoms with Crippen molar-refractivity contribution in [3.05, 3.63) is 170 Å². The van der Waals surface area contributed by atoms with Gasteiger partial charge in [0.05, 0.1) is 11.9 Å². The van der Waals surface area contributed by atoms with Crippen LogP contribution >= 0.6 is 0 Å². The molecule has 210 valence electrons. The molecule has 0 saturated carbocycles. The van der Waals surface area contributed by atoms with Crippen molar-refractivity contribution in [2.75, 3.05) is 4.90 Å². The van der Waals surface area contributed by atoms with Crippen LogP contribution in [0.4, 0.5) is 17.1 Å². The first kappa shape index (κ1) is 25.5. The minimum atomic E-state index is 1.02. The van der Waals surface area contributed by atoms with Crippen molar-refractivity contribution in [2.45, 2.75) is 0 Å². The molecule has 0 N–H and O–H groups in total. The van der Waals surface area contributed by atoms with Crippen LogP contribution in [0.3, 0.4) is 0 Å². The molecule has 0 aliphatic heterocycles. The summed E-state index contributed by atoms with van der Waals surface area (Å²) >= 11 is 0. The Bertz CT molecular complexity index is 2330. The van der Waals surface area contributed by atoms with Crippen LogP contribution in [0.25, 0.3) is 66.1 Å². The van der Waals surface area contributed by atoms with Crippen LogP contribution in [0.2, 0.25) is 0 Å². The van der Waals surface area contributed by atoms with E-state index in [0.29, 0.717) is 0 Å². The monoisotopic (exact) mass is 572 g/mol. The molecule has 8 aromatic rings. The Balaban J connectivity index is 1.09. The Morgan fingerprint density at radius 3 is 1.73 bits per heavy atom. The molecule has 0 atom stereocenters. The summed E-state index contributed by atoms with van der Waals surface area (Å²) in [5.41, 5.74) is 13.4. The number of rotatable bonds is 5. The van der Waals surface area contributed by atoms with Gasteiger partial charge in [0.15, 0.2) is 0 Å². The molecule has 0 spiro atoms. The molecule has 1 heterocycles. The second kappa shape index (κ2) is 10.3. The van der Waals surface area contributed by atoms with Gasteiger partial charge in [-0.25, -0.2) is 0 Å². The lowest BCUT2D eigenvalue weighted by atomic mass is 9.94. The van der Waals surface area contributed by atoms with Gasteiger partial charge in [0.1, 0.15) is 0 Å². The zero-order valence-corrected chi connectivity index (χ0v) is 24.6. The molecule has 0 unspecified atom stereocenters. The summed E-state index contributed by atoms with van der Waals surface area (Å²) in [5, 5.41) is 5.15. The number of anilines is 3. The van der Waals surface area contributed by atoms with Gasteiger partial charge in [0.25, 0.3) is 0 Å². The van der Waals surface area contributed by atoms with Crippen LogP contribution in [-0.2, 0) is 0 Å². The van der Waals surface area contributed by atoms with E-state index in [9.17, 15) is 0 Å². The largest absolute Gasteiger partial charge is 0.309 e. The minimum Gasteiger partial charge on any atom is -0.309 e. The number of fused-ring (bicyclic) bond motifs is 4. The highest BCUT2D eigenvalue weighted by molar-refractivity contribution is 6.18. The summed E-state index contributed by atoms with van der Waals surface area (Å²) in [5.74, 6) is 0. The van der Waals surface area contributed by atoms with Gasteiger partial charge in [-0.2, -0.15) is 0 Å². The first-order valence-corrected chi connectivity index (χ1v) is 15.4. The number of hydrogen-bond acceptors (Lipinski definition) is 2. The molecule has 0 bridgehead atoms. The van der Waals surface area contributed by atoms with Gasteiger partial charge in [0.2, 0.25) is 0 Å². The summed E-state index contributed by atoms with van der Waals surface area (Å²) in [4.78, 5) is 6.72. The van der Waals surface area contributed by atoms with Crippen LogP contribution in [0.1, 0.15) is 0 Å². The van der Waals surface area contributed by atoms with E-state index in [0.717, 1.165) is 17.1 Å². The van der Waals surface area contributed by atoms with Gasteiger partial charge in [-0.05, 0) is 109 Å². The molecular weight excluding hydrogens is 544 g/mol. The quantitative estimate of drug-likeness (QED) is 0.204. The van der Waals surface area contributed by atoms with E-state index in [4.69, 9.17) is 0 Å². The molecule has 7 aromatic carbocycles. The van der Waals surface area contributed by atoms with Crippen molar-refractivity contribution >= 4 is 38.6 Å². The standard InChI is InChI=1S/C43H28N2/c1-2-8-32-27-33(15-14-29(32)7-1)30-16-20-34(21-17-30)45(36-9-6-26-44-28-36)35-22-18-31(19-23-35)37-24-25-42-39-11-4-3-10-38(39)41-13-5-12-40(37)43(41)42/h1-28H. The number of nitrogens with zero attached hydrogens (tertiary/aromatic N) is 2. The third-order valence-corrected chi connectivity index (χ3v) is 9.10. The topological polar surface area (TPSA) is 16.1 Å². The molecule has 2 heteroatoms. The van der Waals surface area contributed by atoms with E-state index in [1.165, 1.54) is 66.1 Å². The third kappa shape index (κ3) is 4.22. The maximum Gasteiger partial charge on any atom is 0.0644 e. The van der Waals surface area contributed by atoms with E-state index < -0.39 is 0 Å². The average molecular weight is 573 g/mol. The summed E-state index contributed by atoms with van der Waals surface area (Å²) in [6.07, 6.45) is 3.74. The molecule has 1 aliphatic rings. The van der Waals surface area contributed by atoms with Crippen LogP contribution in [0, 0.1) is 0 Å². The van der Waals surface area contributed by atoms with Gasteiger partial charge in [-0.15, -0.1) is 0 Å². The maximum atomic E-state index is 4.45. The van der Waals surface area contributed by atoms with Crippen molar-refractivity contribution < 1.29 is 0 Å². The number of pyridine rings is 1. The zero-order chi connectivity index (χ0) is 29.7. The maximum absolute atomic E-state index is 4.45. The molecule has 0 fully saturated rings. The number of benzene rings is 7. The van der Waals surface area contributed by atoms with Crippen LogP contribution in [0.15, 0.2) is 170 Å². The summed E-state index contributed by atoms with van der Waals surface area (Å²) < 4.78 is 0. The van der Waals surface area contributed by atoms with Gasteiger partial charge in [-0.1, -0.05) is 115 Å². The Hall–Kier alpha value is -5.99. The highest BCUT2D eigenvalue weighted by atomic mass is 15.1. The Morgan fingerprint density at radius 2 is 1.00 bits per heavy atom. The van der Waals surface area contributed by atoms with Gasteiger partial charge >= 0.3 is 0 Å². The molecule has 1 aliphatic carbocycles. The second-order valence-electron chi connectivity index (χ2n) is 11.6. The molecule has 45 heavy (non-hydrogen) atoms. The summed E-state index contributed by atoms with van der Waals surface area (Å²) in [7, 11) is 0. The highest BCUT2D eigenvalue weighted by Crippen LogP contribution is 2.49. The molecule has 2 nitrogen and oxygen atoms in total. The fourth-order valence-corrected chi connectivity index (χ4v) is 6.96. The fourth-order valence-electron chi connectivity index (χ4n) is 6.96. The van der Waals surface area contributed by atoms with Crippen LogP contribution < -0.4 is 4.90 Å². The Morgan fingerprint density at radius 1 is 0.378 bits per heavy atom. The Kier molecular flexibility index (Phi) is 5.85. The normalized spacial score (nSPS) is 11.6. The van der Waals surface area contributed by atoms with Gasteiger partial charge in [-0.3, -0.25) is 4.98 Å². The Labute approximate surface area is 262 Å². The first-order valence-electron chi connectivity index (χ1n) is 15.4. The van der Waals surface area contributed by atoms with Crippen LogP contribution in [-0.4, -0.2) is 4.98 Å². The summed E-state index contributed by atoms with van der Waals surface area (Å²) in [6, 6.07) is 57.0. The van der Waals surface area contributed by atoms with Crippen molar-refractivity contribution in [3.8, 4) is 44.5 Å². The van der Waals surface area contributed by atoms with Gasteiger partial charge in [0, 0.05) is 17.6 Å². The zero-order valence-electron chi connectivity index (χ0n) is 24.6. The molecule has 0 radical (unpaired) electrons. The summed E-state index contributed by atoms with van der Waals surface area (Å²) in [6.45, 7) is 0. The minimum absolute atomic E-state index is 1.02. The van der Waals surface area contributed by atoms with E-state index in [1.807, 2.05) is 18.5 Å². The van der Waals surface area contributed by atoms with E-state index in [-0.39, 0.29) is 0 Å². The molecule has 0 saturated heterocycles. The number of aromatic nitrogens is 1. The third-order valence-electron chi connectivity index (χ3n) is 9.10. The first-order chi connectivity index (χ1) is 22.3. The van der Waals surface area contributed by atoms with E-state index >= 15 is 0 Å². The predicted molar refractivity (Wildman–Crippen MR) is 189 cm³/mol. The van der Waals surface area contributed by atoms with Crippen molar-refractivity contribution in [2.24, 2.45) is 0 Å². The SMILES string of the molecule is c1cncc(N(c2ccc(-c3ccc4ccccc4c3)cc2)c2ccc(-c3ccc4c5c(cccc35)-c3ccccc3-4)cc2)c1. The van der Waals surface area contributed by atoms with E-state index in [1.54, 1.807) is 0 Å². The lowest BCUT2D eigenvalue weighted by Crippen LogP contribution is -2.10.